The van der Waals surface area contributed by atoms with Gasteiger partial charge in [-0.3, -0.25) is 4.79 Å². The van der Waals surface area contributed by atoms with Gasteiger partial charge in [0.1, 0.15) is 5.75 Å². The lowest BCUT2D eigenvalue weighted by atomic mass is 9.93. The number of hydrogen-bond donors (Lipinski definition) is 2. The predicted octanol–water partition coefficient (Wildman–Crippen LogP) is 10.6. The van der Waals surface area contributed by atoms with Crippen LogP contribution in [0.4, 0.5) is 0 Å². The summed E-state index contributed by atoms with van der Waals surface area (Å²) in [6.07, 6.45) is 28.1. The standard InChI is InChI=1S/C35H57NO2/c1-3-5-7-9-11-13-15-17-19-21-23-29-25-26-32-31(27-29)28-30(34(37)33(32)35(36)38)24-22-20-18-16-14-12-10-8-6-4-2/h25-28,37H,3-24H2,1-2H3,(H2,36,38). The van der Waals surface area contributed by atoms with E-state index in [1.165, 1.54) is 121 Å². The van der Waals surface area contributed by atoms with Gasteiger partial charge < -0.3 is 10.8 Å². The molecule has 3 N–H and O–H groups in total. The number of phenols is 1. The Kier molecular flexibility index (Phi) is 16.9. The highest BCUT2D eigenvalue weighted by Gasteiger charge is 2.17. The Bertz CT molecular complexity index is 920. The van der Waals surface area contributed by atoms with E-state index in [0.29, 0.717) is 0 Å². The highest BCUT2D eigenvalue weighted by Crippen LogP contribution is 2.33. The third-order valence-corrected chi connectivity index (χ3v) is 8.12. The largest absolute Gasteiger partial charge is 0.507 e. The number of aromatic hydroxyl groups is 1. The molecule has 0 atom stereocenters. The molecule has 214 valence electrons. The molecule has 0 fully saturated rings. The van der Waals surface area contributed by atoms with E-state index in [-0.39, 0.29) is 11.3 Å². The zero-order chi connectivity index (χ0) is 27.4. The van der Waals surface area contributed by atoms with E-state index >= 15 is 0 Å². The smallest absolute Gasteiger partial charge is 0.253 e. The van der Waals surface area contributed by atoms with Crippen molar-refractivity contribution in [2.24, 2.45) is 5.73 Å². The van der Waals surface area contributed by atoms with E-state index in [4.69, 9.17) is 5.73 Å². The van der Waals surface area contributed by atoms with Gasteiger partial charge in [0.2, 0.25) is 0 Å². The molecule has 0 bridgehead atoms. The third kappa shape index (κ3) is 12.2. The van der Waals surface area contributed by atoms with Gasteiger partial charge in [-0.25, -0.2) is 0 Å². The van der Waals surface area contributed by atoms with Crippen LogP contribution in [0.5, 0.6) is 5.75 Å². The molecule has 1 amide bonds. The second-order valence-corrected chi connectivity index (χ2v) is 11.5. The first kappa shape index (κ1) is 32.2. The van der Waals surface area contributed by atoms with Crippen LogP contribution in [0, 0.1) is 0 Å². The van der Waals surface area contributed by atoms with E-state index in [9.17, 15) is 9.90 Å². The molecule has 0 spiro atoms. The number of carbonyl (C=O) groups excluding carboxylic acids is 1. The quantitative estimate of drug-likeness (QED) is 0.142. The normalized spacial score (nSPS) is 11.4. The van der Waals surface area contributed by atoms with Gasteiger partial charge in [0, 0.05) is 0 Å². The van der Waals surface area contributed by atoms with Crippen LogP contribution in [0.1, 0.15) is 164 Å². The Labute approximate surface area is 234 Å². The van der Waals surface area contributed by atoms with Crippen molar-refractivity contribution in [1.82, 2.24) is 0 Å². The molecular formula is C35H57NO2. The molecule has 0 aliphatic carbocycles. The Morgan fingerprint density at radius 3 is 1.55 bits per heavy atom. The van der Waals surface area contributed by atoms with Crippen molar-refractivity contribution in [2.45, 2.75) is 155 Å². The summed E-state index contributed by atoms with van der Waals surface area (Å²) in [5.74, 6) is -0.455. The Hall–Kier alpha value is -2.03. The minimum absolute atomic E-state index is 0.0865. The zero-order valence-electron chi connectivity index (χ0n) is 24.8. The number of carbonyl (C=O) groups is 1. The third-order valence-electron chi connectivity index (χ3n) is 8.12. The lowest BCUT2D eigenvalue weighted by Gasteiger charge is -2.13. The first-order valence-corrected chi connectivity index (χ1v) is 16.2. The number of hydrogen-bond acceptors (Lipinski definition) is 2. The average Bonchev–Trinajstić information content (AvgIpc) is 2.90. The molecule has 38 heavy (non-hydrogen) atoms. The molecule has 0 aliphatic rings. The molecule has 0 saturated carbocycles. The Morgan fingerprint density at radius 2 is 1.08 bits per heavy atom. The van der Waals surface area contributed by atoms with Gasteiger partial charge in [-0.05, 0) is 53.6 Å². The van der Waals surface area contributed by atoms with Gasteiger partial charge in [-0.2, -0.15) is 0 Å². The SMILES string of the molecule is CCCCCCCCCCCCc1ccc2c(C(N)=O)c(O)c(CCCCCCCCCCCC)cc2c1. The van der Waals surface area contributed by atoms with Gasteiger partial charge in [-0.15, -0.1) is 0 Å². The van der Waals surface area contributed by atoms with Crippen LogP contribution in [0.3, 0.4) is 0 Å². The van der Waals surface area contributed by atoms with Crippen molar-refractivity contribution in [3.8, 4) is 5.75 Å². The molecule has 0 aromatic heterocycles. The maximum atomic E-state index is 12.2. The molecule has 0 saturated heterocycles. The van der Waals surface area contributed by atoms with Gasteiger partial charge >= 0.3 is 0 Å². The van der Waals surface area contributed by atoms with E-state index in [0.717, 1.165) is 42.0 Å². The molecule has 2 aromatic carbocycles. The molecule has 2 rings (SSSR count). The van der Waals surface area contributed by atoms with E-state index < -0.39 is 5.91 Å². The van der Waals surface area contributed by atoms with Crippen molar-refractivity contribution in [3.63, 3.8) is 0 Å². The zero-order valence-corrected chi connectivity index (χ0v) is 24.8. The van der Waals surface area contributed by atoms with E-state index in [1.54, 1.807) is 0 Å². The molecular weight excluding hydrogens is 466 g/mol. The number of primary amides is 1. The van der Waals surface area contributed by atoms with Gasteiger partial charge in [0.15, 0.2) is 0 Å². The van der Waals surface area contributed by atoms with Crippen LogP contribution in [0.2, 0.25) is 0 Å². The van der Waals surface area contributed by atoms with Crippen molar-refractivity contribution in [1.29, 1.82) is 0 Å². The van der Waals surface area contributed by atoms with Crippen molar-refractivity contribution >= 4 is 16.7 Å². The van der Waals surface area contributed by atoms with E-state index in [2.05, 4.69) is 32.0 Å². The average molecular weight is 524 g/mol. The van der Waals surface area contributed by atoms with Crippen LogP contribution in [-0.2, 0) is 12.8 Å². The van der Waals surface area contributed by atoms with Crippen molar-refractivity contribution in [3.05, 3.63) is 41.0 Å². The fourth-order valence-electron chi connectivity index (χ4n) is 5.72. The molecule has 3 heteroatoms. The summed E-state index contributed by atoms with van der Waals surface area (Å²) in [5, 5.41) is 12.7. The first-order chi connectivity index (χ1) is 18.6. The molecule has 0 radical (unpaired) electrons. The first-order valence-electron chi connectivity index (χ1n) is 16.2. The van der Waals surface area contributed by atoms with E-state index in [1.807, 2.05) is 6.07 Å². The van der Waals surface area contributed by atoms with Gasteiger partial charge in [-0.1, -0.05) is 148 Å². The number of nitrogens with two attached hydrogens (primary N) is 1. The van der Waals surface area contributed by atoms with Gasteiger partial charge in [0.25, 0.3) is 5.91 Å². The second kappa shape index (κ2) is 20.0. The molecule has 3 nitrogen and oxygen atoms in total. The number of fused-ring (bicyclic) bond motifs is 1. The topological polar surface area (TPSA) is 63.3 Å². The van der Waals surface area contributed by atoms with Crippen molar-refractivity contribution in [2.75, 3.05) is 0 Å². The molecule has 0 heterocycles. The lowest BCUT2D eigenvalue weighted by Crippen LogP contribution is -2.13. The van der Waals surface area contributed by atoms with Crippen LogP contribution >= 0.6 is 0 Å². The minimum atomic E-state index is -0.542. The second-order valence-electron chi connectivity index (χ2n) is 11.5. The lowest BCUT2D eigenvalue weighted by molar-refractivity contribution is 0.0999. The van der Waals surface area contributed by atoms with Crippen LogP contribution in [-0.4, -0.2) is 11.0 Å². The fourth-order valence-corrected chi connectivity index (χ4v) is 5.72. The van der Waals surface area contributed by atoms with Crippen LogP contribution < -0.4 is 5.73 Å². The van der Waals surface area contributed by atoms with Crippen LogP contribution in [0.15, 0.2) is 24.3 Å². The number of rotatable bonds is 23. The number of benzene rings is 2. The number of amides is 1. The summed E-state index contributed by atoms with van der Waals surface area (Å²) in [5.41, 5.74) is 8.17. The summed E-state index contributed by atoms with van der Waals surface area (Å²) >= 11 is 0. The number of unbranched alkanes of at least 4 members (excludes halogenated alkanes) is 18. The monoisotopic (exact) mass is 523 g/mol. The maximum Gasteiger partial charge on any atom is 0.253 e. The molecule has 0 unspecified atom stereocenters. The predicted molar refractivity (Wildman–Crippen MR) is 165 cm³/mol. The highest BCUT2D eigenvalue weighted by molar-refractivity contribution is 6.09. The minimum Gasteiger partial charge on any atom is -0.507 e. The maximum absolute atomic E-state index is 12.2. The summed E-state index contributed by atoms with van der Waals surface area (Å²) in [6, 6.07) is 8.37. The van der Waals surface area contributed by atoms with Crippen LogP contribution in [0.25, 0.3) is 10.8 Å². The van der Waals surface area contributed by atoms with Gasteiger partial charge in [0.05, 0.1) is 5.56 Å². The Morgan fingerprint density at radius 1 is 0.632 bits per heavy atom. The summed E-state index contributed by atoms with van der Waals surface area (Å²) in [4.78, 5) is 12.2. The summed E-state index contributed by atoms with van der Waals surface area (Å²) in [6.45, 7) is 4.53. The summed E-state index contributed by atoms with van der Waals surface area (Å²) in [7, 11) is 0. The molecule has 2 aromatic rings. The fraction of sp³-hybridized carbons (Fsp3) is 0.686. The summed E-state index contributed by atoms with van der Waals surface area (Å²) < 4.78 is 0. The Balaban J connectivity index is 1.82. The number of aryl methyl sites for hydroxylation is 2. The van der Waals surface area contributed by atoms with Crippen molar-refractivity contribution < 1.29 is 9.90 Å². The highest BCUT2D eigenvalue weighted by atomic mass is 16.3. The molecule has 0 aliphatic heterocycles.